The van der Waals surface area contributed by atoms with E-state index in [0.717, 1.165) is 63.4 Å². The minimum Gasteiger partial charge on any atom is -0.458 e. The first kappa shape index (κ1) is 35.2. The number of hydrogen-bond acceptors (Lipinski definition) is 13. The molecule has 0 unspecified atom stereocenters. The molecule has 0 aromatic carbocycles. The molecule has 0 aromatic heterocycles. The first-order valence-electron chi connectivity index (χ1n) is 17.9. The van der Waals surface area contributed by atoms with Gasteiger partial charge in [0.15, 0.2) is 12.6 Å². The monoisotopic (exact) mass is 682 g/mol. The van der Waals surface area contributed by atoms with Gasteiger partial charge in [-0.3, -0.25) is 0 Å². The molecule has 13 heteroatoms. The molecule has 4 aliphatic carbocycles. The topological polar surface area (TPSA) is 205 Å². The summed E-state index contributed by atoms with van der Waals surface area (Å²) < 4.78 is 28.8. The van der Waals surface area contributed by atoms with Gasteiger partial charge >= 0.3 is 5.97 Å². The fourth-order valence-corrected chi connectivity index (χ4v) is 11.3. The minimum absolute atomic E-state index is 0.0345. The van der Waals surface area contributed by atoms with Gasteiger partial charge in [0.1, 0.15) is 49.3 Å². The maximum atomic E-state index is 12.5. The third-order valence-electron chi connectivity index (χ3n) is 14.2. The number of ether oxygens (including phenoxy) is 5. The van der Waals surface area contributed by atoms with E-state index in [1.165, 1.54) is 0 Å². The fraction of sp³-hybridized carbons (Fsp3) is 0.914. The van der Waals surface area contributed by atoms with Gasteiger partial charge in [-0.05, 0) is 99.4 Å². The molecule has 2 saturated heterocycles. The highest BCUT2D eigenvalue weighted by Crippen LogP contribution is 2.70. The van der Waals surface area contributed by atoms with Gasteiger partial charge in [-0.25, -0.2) is 4.79 Å². The van der Waals surface area contributed by atoms with Crippen molar-refractivity contribution in [2.24, 2.45) is 34.5 Å². The number of esters is 1. The number of aliphatic hydroxyl groups excluding tert-OH is 6. The number of aliphatic hydroxyl groups is 7. The van der Waals surface area contributed by atoms with Gasteiger partial charge in [-0.2, -0.15) is 0 Å². The molecule has 7 rings (SSSR count). The normalized spacial score (nSPS) is 55.3. The molecule has 18 atom stereocenters. The van der Waals surface area contributed by atoms with Crippen LogP contribution in [0.25, 0.3) is 0 Å². The summed E-state index contributed by atoms with van der Waals surface area (Å²) in [5.74, 6) is 0.825. The van der Waals surface area contributed by atoms with Gasteiger partial charge < -0.3 is 59.4 Å². The van der Waals surface area contributed by atoms with Crippen LogP contribution in [0, 0.1) is 34.5 Å². The molecule has 48 heavy (non-hydrogen) atoms. The Morgan fingerprint density at radius 3 is 2.27 bits per heavy atom. The molecule has 0 amide bonds. The number of hydrogen-bond donors (Lipinski definition) is 7. The largest absolute Gasteiger partial charge is 0.458 e. The molecule has 3 aliphatic heterocycles. The Morgan fingerprint density at radius 1 is 0.833 bits per heavy atom. The second-order valence-electron chi connectivity index (χ2n) is 16.3. The number of cyclic esters (lactones) is 1. The van der Waals surface area contributed by atoms with Gasteiger partial charge in [0, 0.05) is 11.5 Å². The van der Waals surface area contributed by atoms with Crippen molar-refractivity contribution in [2.45, 2.75) is 152 Å². The summed E-state index contributed by atoms with van der Waals surface area (Å²) in [7, 11) is 0. The maximum absolute atomic E-state index is 12.5. The van der Waals surface area contributed by atoms with Gasteiger partial charge in [0.25, 0.3) is 0 Å². The number of rotatable bonds is 6. The van der Waals surface area contributed by atoms with Crippen LogP contribution < -0.4 is 0 Å². The van der Waals surface area contributed by atoms with Gasteiger partial charge in [0.05, 0.1) is 24.4 Å². The lowest BCUT2D eigenvalue weighted by molar-refractivity contribution is -0.360. The average molecular weight is 683 g/mol. The zero-order valence-corrected chi connectivity index (χ0v) is 28.1. The van der Waals surface area contributed by atoms with Crippen molar-refractivity contribution in [2.75, 3.05) is 13.2 Å². The third kappa shape index (κ3) is 5.42. The minimum atomic E-state index is -1.65. The molecule has 0 bridgehead atoms. The summed E-state index contributed by atoms with van der Waals surface area (Å²) in [6.07, 6.45) is -4.12. The Labute approximate surface area is 281 Å². The summed E-state index contributed by atoms with van der Waals surface area (Å²) in [4.78, 5) is 11.9. The predicted octanol–water partition coefficient (Wildman–Crippen LogP) is 0.280. The van der Waals surface area contributed by atoms with E-state index in [2.05, 4.69) is 13.8 Å². The lowest BCUT2D eigenvalue weighted by atomic mass is 9.43. The van der Waals surface area contributed by atoms with Gasteiger partial charge in [-0.1, -0.05) is 13.8 Å². The van der Waals surface area contributed by atoms with E-state index >= 15 is 0 Å². The zero-order valence-electron chi connectivity index (χ0n) is 28.1. The number of carbonyl (C=O) groups excluding carboxylic acids is 1. The summed E-state index contributed by atoms with van der Waals surface area (Å²) in [5.41, 5.74) is 0.00280. The molecule has 13 nitrogen and oxygen atoms in total. The molecular weight excluding hydrogens is 628 g/mol. The zero-order chi connectivity index (χ0) is 34.3. The van der Waals surface area contributed by atoms with E-state index in [9.17, 15) is 40.5 Å². The van der Waals surface area contributed by atoms with Crippen molar-refractivity contribution in [1.29, 1.82) is 0 Å². The second kappa shape index (κ2) is 12.8. The highest BCUT2D eigenvalue weighted by Gasteiger charge is 2.68. The Morgan fingerprint density at radius 2 is 1.56 bits per heavy atom. The van der Waals surface area contributed by atoms with Crippen LogP contribution in [0.3, 0.4) is 0 Å². The van der Waals surface area contributed by atoms with Crippen LogP contribution in [-0.4, -0.2) is 128 Å². The highest BCUT2D eigenvalue weighted by molar-refractivity contribution is 5.85. The molecule has 7 N–H and O–H groups in total. The molecule has 4 saturated carbocycles. The first-order chi connectivity index (χ1) is 22.7. The summed E-state index contributed by atoms with van der Waals surface area (Å²) in [5, 5.41) is 74.7. The molecule has 7 aliphatic rings. The second-order valence-corrected chi connectivity index (χ2v) is 16.3. The van der Waals surface area contributed by atoms with E-state index in [0.29, 0.717) is 18.4 Å². The van der Waals surface area contributed by atoms with Crippen LogP contribution in [0.15, 0.2) is 11.6 Å². The van der Waals surface area contributed by atoms with Crippen molar-refractivity contribution in [3.63, 3.8) is 0 Å². The van der Waals surface area contributed by atoms with Crippen LogP contribution in [0.5, 0.6) is 0 Å². The highest BCUT2D eigenvalue weighted by atomic mass is 16.7. The molecule has 0 radical (unpaired) electrons. The van der Waals surface area contributed by atoms with E-state index in [-0.39, 0.29) is 34.7 Å². The van der Waals surface area contributed by atoms with Crippen molar-refractivity contribution in [3.8, 4) is 0 Å². The van der Waals surface area contributed by atoms with Gasteiger partial charge in [-0.15, -0.1) is 0 Å². The van der Waals surface area contributed by atoms with E-state index in [4.69, 9.17) is 23.7 Å². The summed E-state index contributed by atoms with van der Waals surface area (Å²) in [6, 6.07) is 0. The molecule has 272 valence electrons. The van der Waals surface area contributed by atoms with E-state index in [1.54, 1.807) is 13.0 Å². The van der Waals surface area contributed by atoms with Crippen LogP contribution in [-0.2, 0) is 28.5 Å². The summed E-state index contributed by atoms with van der Waals surface area (Å²) in [6.45, 7) is 5.97. The molecule has 0 spiro atoms. The standard InChI is InChI=1S/C35H54O13/c1-16-30(48-32-28(41)26(39)25(38)23(14-36)47-32)27(40)29(42)31(45-16)46-19-6-9-33(2)18(13-19)4-5-22-21(33)7-10-34(3)20(8-11-35(22,34)43)17-12-24(37)44-15-17/h12,16,18-23,25-32,36,38-43H,4-11,13-15H2,1-3H3/t16-,18+,19+,20-,21-,22-,23-,25-,26+,27-,28-,29-,30+,31+,32-,33+,34-,35+/m1/s1. The van der Waals surface area contributed by atoms with Crippen molar-refractivity contribution < 1.29 is 64.2 Å². The van der Waals surface area contributed by atoms with Crippen molar-refractivity contribution >= 4 is 5.97 Å². The number of carbonyl (C=O) groups is 1. The predicted molar refractivity (Wildman–Crippen MR) is 166 cm³/mol. The van der Waals surface area contributed by atoms with Crippen molar-refractivity contribution in [1.82, 2.24) is 0 Å². The smallest absolute Gasteiger partial charge is 0.331 e. The molecule has 6 fully saturated rings. The van der Waals surface area contributed by atoms with Crippen LogP contribution in [0.2, 0.25) is 0 Å². The van der Waals surface area contributed by atoms with Crippen LogP contribution in [0.4, 0.5) is 0 Å². The fourth-order valence-electron chi connectivity index (χ4n) is 11.3. The number of fused-ring (bicyclic) bond motifs is 5. The van der Waals surface area contributed by atoms with E-state index < -0.39 is 73.6 Å². The lowest BCUT2D eigenvalue weighted by Gasteiger charge is -2.64. The van der Waals surface area contributed by atoms with Gasteiger partial charge in [0.2, 0.25) is 0 Å². The molecular formula is C35H54O13. The quantitative estimate of drug-likeness (QED) is 0.149. The molecule has 3 heterocycles. The Hall–Kier alpha value is -1.23. The SMILES string of the molecule is C[C@H]1O[C@@H](O[C@H]2CC[C@@]3(C)[C@@H](CC[C@@H]4[C@H]3CC[C@]3(C)[C@@H](C5=CC(=O)OC5)CC[C@]43O)C2)[C@H](O)[C@@H](O)[C@H]1O[C@H]1O[C@H](CO)[C@@H](O)[C@H](O)[C@H]1O. The van der Waals surface area contributed by atoms with Crippen LogP contribution in [0.1, 0.15) is 78.6 Å². The van der Waals surface area contributed by atoms with Crippen LogP contribution >= 0.6 is 0 Å². The summed E-state index contributed by atoms with van der Waals surface area (Å²) >= 11 is 0. The maximum Gasteiger partial charge on any atom is 0.331 e. The third-order valence-corrected chi connectivity index (χ3v) is 14.2. The Balaban J connectivity index is 0.977. The van der Waals surface area contributed by atoms with Crippen molar-refractivity contribution in [3.05, 3.63) is 11.6 Å². The lowest BCUT2D eigenvalue weighted by Crippen LogP contribution is -2.64. The Bertz CT molecular complexity index is 1240. The average Bonchev–Trinajstić information content (AvgIpc) is 3.61. The molecule has 0 aromatic rings. The Kier molecular flexibility index (Phi) is 9.36. The first-order valence-corrected chi connectivity index (χ1v) is 17.9. The van der Waals surface area contributed by atoms with E-state index in [1.807, 2.05) is 0 Å².